The van der Waals surface area contributed by atoms with Gasteiger partial charge in [-0.25, -0.2) is 10.1 Å². The van der Waals surface area contributed by atoms with Crippen molar-refractivity contribution in [3.05, 3.63) is 72.6 Å². The summed E-state index contributed by atoms with van der Waals surface area (Å²) in [6.07, 6.45) is 1.78. The molecule has 0 atom stereocenters. The number of tetrazole rings is 1. The Hall–Kier alpha value is -4.07. The maximum absolute atomic E-state index is 4.71. The van der Waals surface area contributed by atoms with Crippen molar-refractivity contribution in [2.45, 2.75) is 19.8 Å². The topological polar surface area (TPSA) is 87.9 Å². The molecule has 154 valence electrons. The van der Waals surface area contributed by atoms with Gasteiger partial charge in [0, 0.05) is 36.1 Å². The van der Waals surface area contributed by atoms with Gasteiger partial charge in [-0.05, 0) is 39.6 Å². The molecule has 0 aliphatic rings. The second-order valence-electron chi connectivity index (χ2n) is 7.70. The van der Waals surface area contributed by atoms with Crippen molar-refractivity contribution in [2.75, 3.05) is 11.9 Å². The molecule has 5 aromatic rings. The summed E-state index contributed by atoms with van der Waals surface area (Å²) >= 11 is 0. The first kappa shape index (κ1) is 18.9. The molecule has 2 aromatic carbocycles. The third kappa shape index (κ3) is 3.42. The fourth-order valence-corrected chi connectivity index (χ4v) is 3.66. The number of nitrogens with zero attached hydrogens (tertiary/aromatic N) is 7. The molecule has 3 heterocycles. The first-order valence-electron chi connectivity index (χ1n) is 10.1. The van der Waals surface area contributed by atoms with Gasteiger partial charge in [-0.2, -0.15) is 9.61 Å². The number of hydrogen-bond donors (Lipinski definition) is 1. The lowest BCUT2D eigenvalue weighted by Crippen LogP contribution is -2.15. The smallest absolute Gasteiger partial charge is 0.180 e. The molecule has 3 aromatic heterocycles. The Morgan fingerprint density at radius 3 is 2.45 bits per heavy atom. The summed E-state index contributed by atoms with van der Waals surface area (Å²) in [5, 5.41) is 18.8. The summed E-state index contributed by atoms with van der Waals surface area (Å²) in [6.45, 7) is 4.30. The summed E-state index contributed by atoms with van der Waals surface area (Å²) in [5.41, 5.74) is 6.06. The largest absolute Gasteiger partial charge is 0.329 e. The van der Waals surface area contributed by atoms with Gasteiger partial charge >= 0.3 is 0 Å². The predicted octanol–water partition coefficient (Wildman–Crippen LogP) is 4.47. The number of aromatic nitrogens is 7. The molecule has 0 spiro atoms. The van der Waals surface area contributed by atoms with Gasteiger partial charge < -0.3 is 4.90 Å². The van der Waals surface area contributed by atoms with E-state index in [1.165, 1.54) is 0 Å². The Kier molecular flexibility index (Phi) is 4.66. The molecular weight excluding hydrogens is 388 g/mol. The van der Waals surface area contributed by atoms with Crippen LogP contribution in [0.1, 0.15) is 25.5 Å². The zero-order valence-corrected chi connectivity index (χ0v) is 17.6. The van der Waals surface area contributed by atoms with Crippen molar-refractivity contribution in [1.82, 2.24) is 35.2 Å². The van der Waals surface area contributed by atoms with Crippen molar-refractivity contribution in [3.63, 3.8) is 0 Å². The Labute approximate surface area is 179 Å². The van der Waals surface area contributed by atoms with Crippen LogP contribution in [-0.4, -0.2) is 42.3 Å². The molecule has 31 heavy (non-hydrogen) atoms. The minimum Gasteiger partial charge on any atom is -0.329 e. The molecule has 0 fully saturated rings. The number of H-pyrrole nitrogens is 1. The van der Waals surface area contributed by atoms with E-state index in [0.29, 0.717) is 11.7 Å². The minimum absolute atomic E-state index is 0.330. The number of benzene rings is 2. The van der Waals surface area contributed by atoms with E-state index in [4.69, 9.17) is 4.98 Å². The first-order chi connectivity index (χ1) is 15.1. The van der Waals surface area contributed by atoms with Crippen molar-refractivity contribution in [1.29, 1.82) is 0 Å². The van der Waals surface area contributed by atoms with Crippen molar-refractivity contribution >= 4 is 17.2 Å². The lowest BCUT2D eigenvalue weighted by atomic mass is 9.99. The zero-order valence-electron chi connectivity index (χ0n) is 17.6. The van der Waals surface area contributed by atoms with Gasteiger partial charge in [0.1, 0.15) is 5.82 Å². The van der Waals surface area contributed by atoms with Crippen LogP contribution in [0.3, 0.4) is 0 Å². The van der Waals surface area contributed by atoms with E-state index in [1.807, 2.05) is 35.8 Å². The Bertz CT molecular complexity index is 1320. The molecule has 8 heteroatoms. The fourth-order valence-electron chi connectivity index (χ4n) is 3.66. The number of anilines is 2. The molecule has 0 bridgehead atoms. The molecule has 0 radical (unpaired) electrons. The third-order valence-corrected chi connectivity index (χ3v) is 5.39. The van der Waals surface area contributed by atoms with E-state index < -0.39 is 0 Å². The Morgan fingerprint density at radius 1 is 0.968 bits per heavy atom. The quantitative estimate of drug-likeness (QED) is 0.460. The summed E-state index contributed by atoms with van der Waals surface area (Å²) in [5.74, 6) is 1.95. The summed E-state index contributed by atoms with van der Waals surface area (Å²) in [6, 6.07) is 20.5. The summed E-state index contributed by atoms with van der Waals surface area (Å²) in [7, 11) is 2.05. The number of nitrogens with one attached hydrogen (secondary N) is 1. The SMILES string of the molecule is CC(C)c1cc(N(C)c2ccc(-c3ccccc3-c3nnn[nH]3)cc2)n2nccc2n1. The van der Waals surface area contributed by atoms with Crippen LogP contribution < -0.4 is 4.90 Å². The summed E-state index contributed by atoms with van der Waals surface area (Å²) < 4.78 is 1.87. The lowest BCUT2D eigenvalue weighted by molar-refractivity contribution is 0.805. The maximum Gasteiger partial charge on any atom is 0.180 e. The van der Waals surface area contributed by atoms with E-state index >= 15 is 0 Å². The first-order valence-corrected chi connectivity index (χ1v) is 10.1. The maximum atomic E-state index is 4.71. The van der Waals surface area contributed by atoms with Gasteiger partial charge in [-0.1, -0.05) is 50.2 Å². The highest BCUT2D eigenvalue weighted by Crippen LogP contribution is 2.32. The standard InChI is InChI=1S/C23H22N8/c1-15(2)20-14-22(31-21(25-20)12-13-24-31)30(3)17-10-8-16(9-11-17)18-6-4-5-7-19(18)23-26-28-29-27-23/h4-15H,1-3H3,(H,26,27,28,29). The molecule has 5 rings (SSSR count). The van der Waals surface area contributed by atoms with Crippen LogP contribution in [0.4, 0.5) is 11.5 Å². The van der Waals surface area contributed by atoms with Crippen LogP contribution in [0.25, 0.3) is 28.2 Å². The molecule has 0 amide bonds. The molecule has 1 N–H and O–H groups in total. The van der Waals surface area contributed by atoms with E-state index in [1.54, 1.807) is 6.20 Å². The molecule has 0 saturated heterocycles. The monoisotopic (exact) mass is 410 g/mol. The number of fused-ring (bicyclic) bond motifs is 1. The highest BCUT2D eigenvalue weighted by Gasteiger charge is 2.15. The second-order valence-corrected chi connectivity index (χ2v) is 7.70. The predicted molar refractivity (Wildman–Crippen MR) is 120 cm³/mol. The van der Waals surface area contributed by atoms with Gasteiger partial charge in [-0.3, -0.25) is 0 Å². The van der Waals surface area contributed by atoms with Crippen LogP contribution in [0, 0.1) is 0 Å². The zero-order chi connectivity index (χ0) is 21.4. The highest BCUT2D eigenvalue weighted by molar-refractivity contribution is 5.81. The molecule has 0 aliphatic carbocycles. The van der Waals surface area contributed by atoms with Crippen LogP contribution in [-0.2, 0) is 0 Å². The van der Waals surface area contributed by atoms with Crippen molar-refractivity contribution < 1.29 is 0 Å². The van der Waals surface area contributed by atoms with Crippen molar-refractivity contribution in [3.8, 4) is 22.5 Å². The normalized spacial score (nSPS) is 11.4. The van der Waals surface area contributed by atoms with Crippen LogP contribution >= 0.6 is 0 Å². The molecule has 0 unspecified atom stereocenters. The van der Waals surface area contributed by atoms with E-state index in [2.05, 4.69) is 80.9 Å². The molecular formula is C23H22N8. The molecule has 0 aliphatic heterocycles. The number of hydrogen-bond acceptors (Lipinski definition) is 6. The van der Waals surface area contributed by atoms with E-state index in [0.717, 1.165) is 39.5 Å². The third-order valence-electron chi connectivity index (χ3n) is 5.39. The average Bonchev–Trinajstić information content (AvgIpc) is 3.50. The van der Waals surface area contributed by atoms with Gasteiger partial charge in [0.15, 0.2) is 11.5 Å². The Balaban J connectivity index is 1.52. The van der Waals surface area contributed by atoms with E-state index in [-0.39, 0.29) is 0 Å². The van der Waals surface area contributed by atoms with Gasteiger partial charge in [0.25, 0.3) is 0 Å². The highest BCUT2D eigenvalue weighted by atomic mass is 15.5. The second kappa shape index (κ2) is 7.64. The van der Waals surface area contributed by atoms with Crippen LogP contribution in [0.5, 0.6) is 0 Å². The van der Waals surface area contributed by atoms with Crippen LogP contribution in [0.15, 0.2) is 66.9 Å². The number of rotatable bonds is 5. The van der Waals surface area contributed by atoms with E-state index in [9.17, 15) is 0 Å². The Morgan fingerprint density at radius 2 is 1.74 bits per heavy atom. The molecule has 8 nitrogen and oxygen atoms in total. The summed E-state index contributed by atoms with van der Waals surface area (Å²) in [4.78, 5) is 6.84. The van der Waals surface area contributed by atoms with Gasteiger partial charge in [-0.15, -0.1) is 5.10 Å². The van der Waals surface area contributed by atoms with Gasteiger partial charge in [0.05, 0.1) is 6.20 Å². The molecule has 0 saturated carbocycles. The lowest BCUT2D eigenvalue weighted by Gasteiger charge is -2.22. The van der Waals surface area contributed by atoms with Crippen LogP contribution in [0.2, 0.25) is 0 Å². The number of aromatic amines is 1. The minimum atomic E-state index is 0.330. The van der Waals surface area contributed by atoms with Crippen molar-refractivity contribution in [2.24, 2.45) is 0 Å². The average molecular weight is 410 g/mol. The van der Waals surface area contributed by atoms with Gasteiger partial charge in [0.2, 0.25) is 0 Å². The fraction of sp³-hybridized carbons (Fsp3) is 0.174.